The van der Waals surface area contributed by atoms with Gasteiger partial charge in [0.15, 0.2) is 17.5 Å². The molecule has 18 aromatic rings. The normalized spacial score (nSPS) is 11.8. The largest absolute Gasteiger partial charge is 0.309 e. The first kappa shape index (κ1) is 50.8. The van der Waals surface area contributed by atoms with E-state index in [0.29, 0.717) is 23.0 Å². The van der Waals surface area contributed by atoms with Crippen molar-refractivity contribution in [2.45, 2.75) is 0 Å². The maximum Gasteiger partial charge on any atom is 0.166 e. The third-order valence-electron chi connectivity index (χ3n) is 18.0. The minimum Gasteiger partial charge on any atom is -0.309 e. The standard InChI is InChI=1S/C82H50N8/c83-51-52-20-19-25-55(46-52)56-38-42-76(89-74-36-17-11-30-64(74)67-49-58(40-44-77(67)89)87-70-32-13-7-26-60(70)61-27-8-14-33-71(61)87)66(47-56)57-39-43-79(69(48-57)82-85-80(53-21-3-1-4-22-53)84-81(86-82)54-23-5-2-6-24-54)90-75-37-18-12-31-65(75)68-50-59(41-45-78(68)90)88-72-34-15-9-28-62(72)63-29-10-16-35-73(63)88/h1-50H. The van der Waals surface area contributed by atoms with Gasteiger partial charge in [-0.05, 0) is 126 Å². The summed E-state index contributed by atoms with van der Waals surface area (Å²) >= 11 is 0. The zero-order valence-electron chi connectivity index (χ0n) is 48.4. The highest BCUT2D eigenvalue weighted by atomic mass is 15.1. The molecule has 418 valence electrons. The van der Waals surface area contributed by atoms with Crippen molar-refractivity contribution in [3.63, 3.8) is 0 Å². The fourth-order valence-electron chi connectivity index (χ4n) is 14.0. The number of rotatable bonds is 9. The molecule has 13 aromatic carbocycles. The Morgan fingerprint density at radius 2 is 0.578 bits per heavy atom. The molecule has 0 amide bonds. The number of fused-ring (bicyclic) bond motifs is 12. The van der Waals surface area contributed by atoms with Crippen LogP contribution in [-0.2, 0) is 0 Å². The van der Waals surface area contributed by atoms with Gasteiger partial charge >= 0.3 is 0 Å². The van der Waals surface area contributed by atoms with Gasteiger partial charge in [-0.25, -0.2) is 15.0 Å². The van der Waals surface area contributed by atoms with Gasteiger partial charge in [0.2, 0.25) is 0 Å². The van der Waals surface area contributed by atoms with Crippen LogP contribution in [-0.4, -0.2) is 33.2 Å². The van der Waals surface area contributed by atoms with Gasteiger partial charge in [-0.1, -0.05) is 194 Å². The predicted octanol–water partition coefficient (Wildman–Crippen LogP) is 20.5. The average molecular weight is 1150 g/mol. The van der Waals surface area contributed by atoms with Gasteiger partial charge in [0, 0.05) is 76.7 Å². The molecule has 0 N–H and O–H groups in total. The van der Waals surface area contributed by atoms with E-state index < -0.39 is 0 Å². The van der Waals surface area contributed by atoms with Crippen molar-refractivity contribution in [1.29, 1.82) is 5.26 Å². The van der Waals surface area contributed by atoms with Crippen LogP contribution in [0.1, 0.15) is 5.56 Å². The highest BCUT2D eigenvalue weighted by molar-refractivity contribution is 6.15. The molecule has 18 rings (SSSR count). The predicted molar refractivity (Wildman–Crippen MR) is 369 cm³/mol. The Hall–Kier alpha value is -12.4. The van der Waals surface area contributed by atoms with Crippen molar-refractivity contribution in [3.8, 4) is 85.2 Å². The lowest BCUT2D eigenvalue weighted by atomic mass is 9.94. The topological polar surface area (TPSA) is 82.2 Å². The lowest BCUT2D eigenvalue weighted by Crippen LogP contribution is -2.04. The summed E-state index contributed by atoms with van der Waals surface area (Å²) in [6.07, 6.45) is 0. The van der Waals surface area contributed by atoms with E-state index in [-0.39, 0.29) is 0 Å². The number of nitrogens with zero attached hydrogens (tertiary/aromatic N) is 8. The number of para-hydroxylation sites is 6. The SMILES string of the molecule is N#Cc1cccc(-c2ccc(-n3c4ccccc4c4cc(-n5c6ccccc6c6ccccc65)ccc43)c(-c3ccc(-n4c5ccccc5c5cc(-n6c7ccccc7c7ccccc76)ccc54)c(-c4nc(-c5ccccc5)nc(-c5ccccc5)n4)c3)c2)c1. The summed E-state index contributed by atoms with van der Waals surface area (Å²) in [6, 6.07) is 110. The van der Waals surface area contributed by atoms with Gasteiger partial charge in [-0.15, -0.1) is 0 Å². The lowest BCUT2D eigenvalue weighted by Gasteiger charge is -2.19. The minimum atomic E-state index is 0.529. The van der Waals surface area contributed by atoms with Crippen molar-refractivity contribution in [2.75, 3.05) is 0 Å². The van der Waals surface area contributed by atoms with Gasteiger partial charge < -0.3 is 18.3 Å². The zero-order valence-corrected chi connectivity index (χ0v) is 48.4. The Bertz CT molecular complexity index is 5830. The minimum absolute atomic E-state index is 0.529. The van der Waals surface area contributed by atoms with E-state index in [2.05, 4.69) is 273 Å². The molecule has 0 aliphatic carbocycles. The summed E-state index contributed by atoms with van der Waals surface area (Å²) in [6.45, 7) is 0. The quantitative estimate of drug-likeness (QED) is 0.144. The lowest BCUT2D eigenvalue weighted by molar-refractivity contribution is 1.06. The summed E-state index contributed by atoms with van der Waals surface area (Å²) in [4.78, 5) is 16.2. The second-order valence-electron chi connectivity index (χ2n) is 23.0. The van der Waals surface area contributed by atoms with E-state index >= 15 is 0 Å². The monoisotopic (exact) mass is 1150 g/mol. The molecular weight excluding hydrogens is 1100 g/mol. The van der Waals surface area contributed by atoms with Crippen molar-refractivity contribution in [2.24, 2.45) is 0 Å². The van der Waals surface area contributed by atoms with Gasteiger partial charge in [0.25, 0.3) is 0 Å². The van der Waals surface area contributed by atoms with Crippen LogP contribution in [0.5, 0.6) is 0 Å². The van der Waals surface area contributed by atoms with Crippen molar-refractivity contribution < 1.29 is 0 Å². The molecule has 0 saturated carbocycles. The number of hydrogen-bond donors (Lipinski definition) is 0. The second kappa shape index (κ2) is 20.3. The summed E-state index contributed by atoms with van der Waals surface area (Å²) in [5.74, 6) is 1.67. The van der Waals surface area contributed by atoms with Crippen LogP contribution in [0.15, 0.2) is 303 Å². The molecule has 0 unspecified atom stereocenters. The van der Waals surface area contributed by atoms with Gasteiger partial charge in [0.1, 0.15) is 0 Å². The zero-order chi connectivity index (χ0) is 59.4. The maximum absolute atomic E-state index is 10.2. The van der Waals surface area contributed by atoms with Gasteiger partial charge in [-0.2, -0.15) is 5.26 Å². The maximum atomic E-state index is 10.2. The third-order valence-corrected chi connectivity index (χ3v) is 18.0. The fourth-order valence-corrected chi connectivity index (χ4v) is 14.0. The van der Waals surface area contributed by atoms with Crippen LogP contribution in [0.4, 0.5) is 0 Å². The molecular formula is C82H50N8. The Kier molecular flexibility index (Phi) is 11.5. The van der Waals surface area contributed by atoms with E-state index in [1.165, 1.54) is 21.5 Å². The second-order valence-corrected chi connectivity index (χ2v) is 23.0. The van der Waals surface area contributed by atoms with Gasteiger partial charge in [0.05, 0.1) is 67.1 Å². The molecule has 8 heteroatoms. The Morgan fingerprint density at radius 3 is 1.03 bits per heavy atom. The third kappa shape index (κ3) is 7.97. The fraction of sp³-hybridized carbons (Fsp3) is 0. The van der Waals surface area contributed by atoms with Crippen LogP contribution in [0, 0.1) is 11.3 Å². The van der Waals surface area contributed by atoms with E-state index in [1.54, 1.807) is 0 Å². The Morgan fingerprint density at radius 1 is 0.233 bits per heavy atom. The molecule has 0 aliphatic rings. The molecule has 0 fully saturated rings. The van der Waals surface area contributed by atoms with E-state index in [9.17, 15) is 5.26 Å². The smallest absolute Gasteiger partial charge is 0.166 e. The summed E-state index contributed by atoms with van der Waals surface area (Å²) < 4.78 is 9.59. The summed E-state index contributed by atoms with van der Waals surface area (Å²) in [5.41, 5.74) is 20.0. The van der Waals surface area contributed by atoms with Crippen LogP contribution in [0.25, 0.3) is 166 Å². The molecule has 0 bridgehead atoms. The number of benzene rings is 13. The van der Waals surface area contributed by atoms with E-state index in [4.69, 9.17) is 15.0 Å². The molecule has 0 radical (unpaired) electrons. The van der Waals surface area contributed by atoms with Crippen LogP contribution in [0.2, 0.25) is 0 Å². The first-order chi connectivity index (χ1) is 44.6. The van der Waals surface area contributed by atoms with Crippen molar-refractivity contribution in [3.05, 3.63) is 309 Å². The summed E-state index contributed by atoms with van der Waals surface area (Å²) in [7, 11) is 0. The molecule has 5 aromatic heterocycles. The summed E-state index contributed by atoms with van der Waals surface area (Å²) in [5, 5.41) is 19.6. The molecule has 90 heavy (non-hydrogen) atoms. The van der Waals surface area contributed by atoms with Crippen LogP contribution < -0.4 is 0 Å². The van der Waals surface area contributed by atoms with Crippen LogP contribution in [0.3, 0.4) is 0 Å². The van der Waals surface area contributed by atoms with E-state index in [1.807, 2.05) is 54.6 Å². The average Bonchev–Trinajstić information content (AvgIpc) is 1.58. The molecule has 0 spiro atoms. The molecule has 0 saturated heterocycles. The van der Waals surface area contributed by atoms with Crippen LogP contribution >= 0.6 is 0 Å². The number of aromatic nitrogens is 7. The van der Waals surface area contributed by atoms with Crippen molar-refractivity contribution in [1.82, 2.24) is 33.2 Å². The molecule has 8 nitrogen and oxygen atoms in total. The molecule has 0 aliphatic heterocycles. The first-order valence-corrected chi connectivity index (χ1v) is 30.3. The Balaban J connectivity index is 0.907. The Labute approximate surface area is 516 Å². The van der Waals surface area contributed by atoms with Crippen molar-refractivity contribution >= 4 is 87.2 Å². The molecule has 0 atom stereocenters. The van der Waals surface area contributed by atoms with E-state index in [0.717, 1.165) is 127 Å². The van der Waals surface area contributed by atoms with Gasteiger partial charge in [-0.3, -0.25) is 0 Å². The first-order valence-electron chi connectivity index (χ1n) is 30.3. The number of hydrogen-bond acceptors (Lipinski definition) is 4. The number of nitriles is 1. The highest BCUT2D eigenvalue weighted by Gasteiger charge is 2.25. The highest BCUT2D eigenvalue weighted by Crippen LogP contribution is 2.45. The molecule has 5 heterocycles.